The summed E-state index contributed by atoms with van der Waals surface area (Å²) in [5, 5.41) is 9.39. The molecule has 3 rings (SSSR count). The highest BCUT2D eigenvalue weighted by Gasteiger charge is 2.52. The third kappa shape index (κ3) is 4.19. The number of methoxy groups -OCH3 is 1. The van der Waals surface area contributed by atoms with Crippen LogP contribution in [0.4, 0.5) is 0 Å². The Kier molecular flexibility index (Phi) is 5.74. The molecule has 0 amide bonds. The SMILES string of the molecule is COc1ccc(-n2c(C)cc(C=C(C#N)C(=O)OCC3CC3(Cl)Cl)c2C)cc1. The van der Waals surface area contributed by atoms with Gasteiger partial charge in [-0.1, -0.05) is 0 Å². The van der Waals surface area contributed by atoms with Crippen molar-refractivity contribution in [1.29, 1.82) is 5.26 Å². The molecule has 0 aliphatic heterocycles. The normalized spacial score (nSPS) is 17.7. The van der Waals surface area contributed by atoms with Crippen molar-refractivity contribution in [2.45, 2.75) is 24.6 Å². The zero-order chi connectivity index (χ0) is 20.5. The lowest BCUT2D eigenvalue weighted by Crippen LogP contribution is -2.11. The maximum atomic E-state index is 12.2. The Balaban J connectivity index is 1.82. The number of hydrogen-bond acceptors (Lipinski definition) is 4. The number of nitriles is 1. The molecule has 1 unspecified atom stereocenters. The van der Waals surface area contributed by atoms with Gasteiger partial charge in [0.25, 0.3) is 0 Å². The van der Waals surface area contributed by atoms with Gasteiger partial charge in [0.2, 0.25) is 0 Å². The second kappa shape index (κ2) is 7.90. The van der Waals surface area contributed by atoms with Crippen LogP contribution in [0.5, 0.6) is 5.75 Å². The number of aryl methyl sites for hydroxylation is 1. The summed E-state index contributed by atoms with van der Waals surface area (Å²) >= 11 is 11.9. The highest BCUT2D eigenvalue weighted by atomic mass is 35.5. The zero-order valence-electron chi connectivity index (χ0n) is 15.8. The molecule has 7 heteroatoms. The Morgan fingerprint density at radius 1 is 1.36 bits per heavy atom. The summed E-state index contributed by atoms with van der Waals surface area (Å²) in [6.07, 6.45) is 2.13. The first-order valence-electron chi connectivity index (χ1n) is 8.77. The van der Waals surface area contributed by atoms with Crippen LogP contribution in [0.25, 0.3) is 11.8 Å². The van der Waals surface area contributed by atoms with Gasteiger partial charge in [-0.05, 0) is 62.2 Å². The van der Waals surface area contributed by atoms with E-state index in [1.807, 2.05) is 54.8 Å². The van der Waals surface area contributed by atoms with Crippen LogP contribution < -0.4 is 4.74 Å². The van der Waals surface area contributed by atoms with E-state index in [9.17, 15) is 10.1 Å². The monoisotopic (exact) mass is 418 g/mol. The Morgan fingerprint density at radius 3 is 2.54 bits per heavy atom. The van der Waals surface area contributed by atoms with E-state index in [4.69, 9.17) is 32.7 Å². The van der Waals surface area contributed by atoms with E-state index in [-0.39, 0.29) is 18.1 Å². The minimum Gasteiger partial charge on any atom is -0.497 e. The number of ether oxygens (including phenoxy) is 2. The number of esters is 1. The average Bonchev–Trinajstić information content (AvgIpc) is 3.19. The Hall–Kier alpha value is -2.42. The second-order valence-corrected chi connectivity index (χ2v) is 8.33. The summed E-state index contributed by atoms with van der Waals surface area (Å²) < 4.78 is 11.6. The first-order valence-corrected chi connectivity index (χ1v) is 9.52. The van der Waals surface area contributed by atoms with Gasteiger partial charge in [-0.3, -0.25) is 0 Å². The Labute approximate surface area is 174 Å². The number of carbonyl (C=O) groups is 1. The predicted molar refractivity (Wildman–Crippen MR) is 109 cm³/mol. The molecule has 1 aliphatic rings. The van der Waals surface area contributed by atoms with E-state index in [0.717, 1.165) is 28.4 Å². The largest absolute Gasteiger partial charge is 0.497 e. The second-order valence-electron chi connectivity index (χ2n) is 6.79. The quantitative estimate of drug-likeness (QED) is 0.294. The highest BCUT2D eigenvalue weighted by Crippen LogP contribution is 2.53. The van der Waals surface area contributed by atoms with Gasteiger partial charge < -0.3 is 14.0 Å². The van der Waals surface area contributed by atoms with Crippen molar-refractivity contribution in [1.82, 2.24) is 4.57 Å². The molecule has 1 atom stereocenters. The fourth-order valence-electron chi connectivity index (χ4n) is 3.06. The first-order chi connectivity index (χ1) is 13.3. The summed E-state index contributed by atoms with van der Waals surface area (Å²) in [6.45, 7) is 4.01. The summed E-state index contributed by atoms with van der Waals surface area (Å²) in [5.74, 6) is 0.0158. The number of aromatic nitrogens is 1. The molecule has 1 aromatic carbocycles. The third-order valence-electron chi connectivity index (χ3n) is 4.81. The molecule has 1 saturated carbocycles. The van der Waals surface area contributed by atoms with Crippen molar-refractivity contribution in [3.8, 4) is 17.5 Å². The van der Waals surface area contributed by atoms with Gasteiger partial charge in [0.15, 0.2) is 0 Å². The Morgan fingerprint density at radius 2 is 2.00 bits per heavy atom. The van der Waals surface area contributed by atoms with E-state index in [1.165, 1.54) is 0 Å². The highest BCUT2D eigenvalue weighted by molar-refractivity contribution is 6.50. The summed E-state index contributed by atoms with van der Waals surface area (Å²) in [5.41, 5.74) is 3.56. The van der Waals surface area contributed by atoms with Gasteiger partial charge in [-0.25, -0.2) is 4.79 Å². The molecule has 0 radical (unpaired) electrons. The lowest BCUT2D eigenvalue weighted by Gasteiger charge is -2.10. The van der Waals surface area contributed by atoms with Gasteiger partial charge in [-0.2, -0.15) is 5.26 Å². The summed E-state index contributed by atoms with van der Waals surface area (Å²) in [7, 11) is 1.62. The summed E-state index contributed by atoms with van der Waals surface area (Å²) in [4.78, 5) is 12.2. The van der Waals surface area contributed by atoms with Crippen LogP contribution in [0.3, 0.4) is 0 Å². The molecule has 1 aromatic heterocycles. The fraction of sp³-hybridized carbons (Fsp3) is 0.333. The maximum Gasteiger partial charge on any atom is 0.348 e. The smallest absolute Gasteiger partial charge is 0.348 e. The molecule has 0 bridgehead atoms. The van der Waals surface area contributed by atoms with Gasteiger partial charge in [-0.15, -0.1) is 23.2 Å². The molecular weight excluding hydrogens is 399 g/mol. The number of halogens is 2. The molecule has 1 aliphatic carbocycles. The number of benzene rings is 1. The van der Waals surface area contributed by atoms with Gasteiger partial charge >= 0.3 is 5.97 Å². The number of alkyl halides is 2. The van der Waals surface area contributed by atoms with E-state index in [2.05, 4.69) is 0 Å². The molecule has 0 saturated heterocycles. The molecule has 1 fully saturated rings. The molecular formula is C21H20Cl2N2O3. The van der Waals surface area contributed by atoms with Gasteiger partial charge in [0.1, 0.15) is 21.7 Å². The molecule has 2 aromatic rings. The van der Waals surface area contributed by atoms with Crippen LogP contribution >= 0.6 is 23.2 Å². The lowest BCUT2D eigenvalue weighted by molar-refractivity contribution is -0.138. The third-order valence-corrected chi connectivity index (χ3v) is 5.74. The van der Waals surface area contributed by atoms with Crippen LogP contribution in [0.2, 0.25) is 0 Å². The predicted octanol–water partition coefficient (Wildman–Crippen LogP) is 4.75. The van der Waals surface area contributed by atoms with Crippen LogP contribution in [0, 0.1) is 31.1 Å². The van der Waals surface area contributed by atoms with Crippen LogP contribution in [0.15, 0.2) is 35.9 Å². The molecule has 28 heavy (non-hydrogen) atoms. The van der Waals surface area contributed by atoms with Crippen molar-refractivity contribution < 1.29 is 14.3 Å². The van der Waals surface area contributed by atoms with E-state index < -0.39 is 10.3 Å². The molecule has 0 N–H and O–H groups in total. The maximum absolute atomic E-state index is 12.2. The fourth-order valence-corrected chi connectivity index (χ4v) is 3.56. The van der Waals surface area contributed by atoms with Crippen molar-refractivity contribution in [3.63, 3.8) is 0 Å². The molecule has 1 heterocycles. The van der Waals surface area contributed by atoms with Crippen molar-refractivity contribution in [2.24, 2.45) is 5.92 Å². The number of rotatable bonds is 6. The first kappa shape index (κ1) is 20.3. The van der Waals surface area contributed by atoms with E-state index >= 15 is 0 Å². The van der Waals surface area contributed by atoms with Crippen molar-refractivity contribution in [2.75, 3.05) is 13.7 Å². The van der Waals surface area contributed by atoms with Crippen molar-refractivity contribution in [3.05, 3.63) is 52.9 Å². The number of carbonyl (C=O) groups excluding carboxylic acids is 1. The van der Waals surface area contributed by atoms with Crippen LogP contribution in [-0.2, 0) is 9.53 Å². The van der Waals surface area contributed by atoms with E-state index in [1.54, 1.807) is 13.2 Å². The van der Waals surface area contributed by atoms with Crippen LogP contribution in [0.1, 0.15) is 23.4 Å². The zero-order valence-corrected chi connectivity index (χ0v) is 17.3. The molecule has 0 spiro atoms. The lowest BCUT2D eigenvalue weighted by atomic mass is 10.1. The molecule has 146 valence electrons. The topological polar surface area (TPSA) is 64.2 Å². The Bertz CT molecular complexity index is 969. The minimum atomic E-state index is -0.819. The number of nitrogens with zero attached hydrogens (tertiary/aromatic N) is 2. The minimum absolute atomic E-state index is 0.0645. The van der Waals surface area contributed by atoms with Gasteiger partial charge in [0, 0.05) is 23.0 Å². The standard InChI is InChI=1S/C21H20Cl2N2O3/c1-13-8-15(14(2)25(13)18-4-6-19(27-3)7-5-18)9-16(11-24)20(26)28-12-17-10-21(17,22)23/h4-9,17H,10,12H2,1-3H3. The van der Waals surface area contributed by atoms with E-state index in [0.29, 0.717) is 6.42 Å². The van der Waals surface area contributed by atoms with Crippen molar-refractivity contribution >= 4 is 35.2 Å². The number of hydrogen-bond donors (Lipinski definition) is 0. The average molecular weight is 419 g/mol. The van der Waals surface area contributed by atoms with Gasteiger partial charge in [0.05, 0.1) is 13.7 Å². The summed E-state index contributed by atoms with van der Waals surface area (Å²) in [6, 6.07) is 11.5. The molecule has 5 nitrogen and oxygen atoms in total. The van der Waals surface area contributed by atoms with Crippen LogP contribution in [-0.4, -0.2) is 28.6 Å².